The van der Waals surface area contributed by atoms with Crippen LogP contribution in [0.25, 0.3) is 0 Å². The van der Waals surface area contributed by atoms with E-state index in [4.69, 9.17) is 5.73 Å². The predicted octanol–water partition coefficient (Wildman–Crippen LogP) is 3.78. The summed E-state index contributed by atoms with van der Waals surface area (Å²) in [6, 6.07) is 1.59. The quantitative estimate of drug-likeness (QED) is 0.706. The molecule has 1 heterocycles. The van der Waals surface area contributed by atoms with Gasteiger partial charge in [0.25, 0.3) is 0 Å². The zero-order chi connectivity index (χ0) is 14.3. The number of rotatable bonds is 7. The Morgan fingerprint density at radius 3 is 2.63 bits per heavy atom. The smallest absolute Gasteiger partial charge is 0.0113 e. The Labute approximate surface area is 118 Å². The summed E-state index contributed by atoms with van der Waals surface area (Å²) < 4.78 is 0. The van der Waals surface area contributed by atoms with Gasteiger partial charge in [0.2, 0.25) is 0 Å². The molecule has 2 atom stereocenters. The van der Waals surface area contributed by atoms with Crippen molar-refractivity contribution in [2.75, 3.05) is 7.05 Å². The molecule has 2 nitrogen and oxygen atoms in total. The van der Waals surface area contributed by atoms with Crippen LogP contribution in [0.2, 0.25) is 0 Å². The van der Waals surface area contributed by atoms with Crippen LogP contribution in [0.15, 0.2) is 48.2 Å². The van der Waals surface area contributed by atoms with Crippen LogP contribution in [0.5, 0.6) is 0 Å². The first kappa shape index (κ1) is 15.8. The molecular formula is C17H28N2. The second kappa shape index (κ2) is 8.00. The lowest BCUT2D eigenvalue weighted by molar-refractivity contribution is 0.0368. The Bertz CT molecular complexity index is 373. The molecule has 1 aliphatic rings. The minimum Gasteiger partial charge on any atom is -0.402 e. The van der Waals surface area contributed by atoms with Crippen molar-refractivity contribution in [2.45, 2.75) is 51.6 Å². The molecule has 0 amide bonds. The van der Waals surface area contributed by atoms with Crippen LogP contribution < -0.4 is 5.73 Å². The Morgan fingerprint density at radius 1 is 1.37 bits per heavy atom. The molecule has 0 aromatic rings. The maximum atomic E-state index is 5.61. The highest BCUT2D eigenvalue weighted by Crippen LogP contribution is 2.28. The molecule has 1 saturated heterocycles. The average Bonchev–Trinajstić information content (AvgIpc) is 2.39. The van der Waals surface area contributed by atoms with E-state index in [0.29, 0.717) is 0 Å². The number of nitrogens with two attached hydrogens (primary N) is 1. The van der Waals surface area contributed by atoms with Gasteiger partial charge in [-0.25, -0.2) is 0 Å². The summed E-state index contributed by atoms with van der Waals surface area (Å²) in [5.74, 6) is 0. The summed E-state index contributed by atoms with van der Waals surface area (Å²) >= 11 is 0. The Balaban J connectivity index is 2.32. The fourth-order valence-electron chi connectivity index (χ4n) is 2.51. The van der Waals surface area contributed by atoms with Crippen molar-refractivity contribution in [1.82, 2.24) is 4.90 Å². The van der Waals surface area contributed by atoms with Crippen molar-refractivity contribution in [1.29, 1.82) is 0 Å². The molecule has 0 aromatic carbocycles. The molecule has 2 heteroatoms. The minimum atomic E-state index is 0.775. The molecule has 1 fully saturated rings. The lowest BCUT2D eigenvalue weighted by Crippen LogP contribution is -2.52. The van der Waals surface area contributed by atoms with E-state index < -0.39 is 0 Å². The van der Waals surface area contributed by atoms with Crippen LogP contribution in [0.4, 0.5) is 0 Å². The second-order valence-electron chi connectivity index (χ2n) is 5.38. The maximum absolute atomic E-state index is 5.61. The summed E-state index contributed by atoms with van der Waals surface area (Å²) in [6.07, 6.45) is 15.1. The zero-order valence-corrected chi connectivity index (χ0v) is 12.6. The van der Waals surface area contributed by atoms with Crippen molar-refractivity contribution >= 4 is 0 Å². The fraction of sp³-hybridized carbons (Fsp3) is 0.529. The third-order valence-corrected chi connectivity index (χ3v) is 3.92. The Kier molecular flexibility index (Phi) is 6.65. The largest absolute Gasteiger partial charge is 0.402 e. The van der Waals surface area contributed by atoms with Gasteiger partial charge < -0.3 is 10.6 Å². The molecule has 1 rings (SSSR count). The Morgan fingerprint density at radius 2 is 2.11 bits per heavy atom. The first-order valence-electron chi connectivity index (χ1n) is 7.23. The lowest BCUT2D eigenvalue weighted by Gasteiger charge is -2.46. The number of hydrogen-bond donors (Lipinski definition) is 1. The van der Waals surface area contributed by atoms with Crippen LogP contribution >= 0.6 is 0 Å². The van der Waals surface area contributed by atoms with E-state index in [1.54, 1.807) is 0 Å². The van der Waals surface area contributed by atoms with Crippen LogP contribution in [0, 0.1) is 0 Å². The topological polar surface area (TPSA) is 29.3 Å². The molecule has 0 aromatic heterocycles. The van der Waals surface area contributed by atoms with E-state index in [1.165, 1.54) is 19.3 Å². The van der Waals surface area contributed by atoms with Gasteiger partial charge in [0.05, 0.1) is 0 Å². The molecule has 0 spiro atoms. The van der Waals surface area contributed by atoms with Crippen LogP contribution in [0.3, 0.4) is 0 Å². The predicted molar refractivity (Wildman–Crippen MR) is 84.8 cm³/mol. The molecule has 19 heavy (non-hydrogen) atoms. The van der Waals surface area contributed by atoms with E-state index in [-0.39, 0.29) is 0 Å². The fourth-order valence-corrected chi connectivity index (χ4v) is 2.51. The van der Waals surface area contributed by atoms with Gasteiger partial charge in [-0.2, -0.15) is 0 Å². The number of hydrogen-bond acceptors (Lipinski definition) is 2. The highest BCUT2D eigenvalue weighted by atomic mass is 15.2. The van der Waals surface area contributed by atoms with Gasteiger partial charge in [-0.05, 0) is 51.3 Å². The van der Waals surface area contributed by atoms with E-state index >= 15 is 0 Å². The summed E-state index contributed by atoms with van der Waals surface area (Å²) in [4.78, 5) is 2.51. The molecule has 0 saturated carbocycles. The first-order valence-corrected chi connectivity index (χ1v) is 7.23. The van der Waals surface area contributed by atoms with Gasteiger partial charge in [-0.3, -0.25) is 0 Å². The minimum absolute atomic E-state index is 0.775. The molecule has 2 unspecified atom stereocenters. The number of likely N-dealkylation sites (tertiary alicyclic amines) is 1. The van der Waals surface area contributed by atoms with Gasteiger partial charge >= 0.3 is 0 Å². The summed E-state index contributed by atoms with van der Waals surface area (Å²) in [5.41, 5.74) is 7.53. The van der Waals surface area contributed by atoms with Crippen molar-refractivity contribution in [3.05, 3.63) is 48.2 Å². The van der Waals surface area contributed by atoms with E-state index in [2.05, 4.69) is 37.6 Å². The van der Waals surface area contributed by atoms with Crippen LogP contribution in [-0.2, 0) is 0 Å². The molecular weight excluding hydrogens is 232 g/mol. The van der Waals surface area contributed by atoms with Crippen molar-refractivity contribution in [3.8, 4) is 0 Å². The summed E-state index contributed by atoms with van der Waals surface area (Å²) in [7, 11) is 2.25. The van der Waals surface area contributed by atoms with Crippen molar-refractivity contribution in [3.63, 3.8) is 0 Å². The molecule has 2 N–H and O–H groups in total. The number of allylic oxidation sites excluding steroid dienone is 7. The zero-order valence-electron chi connectivity index (χ0n) is 12.6. The first-order chi connectivity index (χ1) is 9.08. The molecule has 1 aliphatic heterocycles. The van der Waals surface area contributed by atoms with Gasteiger partial charge in [-0.15, -0.1) is 0 Å². The standard InChI is InChI=1S/C17H28N2/c1-5-15(12-11-14(3)18)9-7-8-10-17-13-16(6-2)19(17)4/h5,7,9,11-12,16-17H,1,6,8,10,13,18H2,2-4H3/b9-7+,14-11+,15-12+. The van der Waals surface area contributed by atoms with E-state index in [1.807, 2.05) is 25.2 Å². The Hall–Kier alpha value is -1.28. The molecule has 0 bridgehead atoms. The van der Waals surface area contributed by atoms with Gasteiger partial charge in [0.15, 0.2) is 0 Å². The second-order valence-corrected chi connectivity index (χ2v) is 5.38. The van der Waals surface area contributed by atoms with Gasteiger partial charge in [0.1, 0.15) is 0 Å². The van der Waals surface area contributed by atoms with Crippen molar-refractivity contribution in [2.24, 2.45) is 5.73 Å². The van der Waals surface area contributed by atoms with E-state index in [9.17, 15) is 0 Å². The SMILES string of the molecule is C=CC(/C=C/CCC1CC(CC)N1C)=C\C=C(/C)N. The normalized spacial score (nSPS) is 25.6. The summed E-state index contributed by atoms with van der Waals surface area (Å²) in [6.45, 7) is 7.97. The molecule has 106 valence electrons. The van der Waals surface area contributed by atoms with Gasteiger partial charge in [0, 0.05) is 17.8 Å². The van der Waals surface area contributed by atoms with Crippen LogP contribution in [0.1, 0.15) is 39.5 Å². The highest BCUT2D eigenvalue weighted by molar-refractivity contribution is 5.33. The average molecular weight is 260 g/mol. The van der Waals surface area contributed by atoms with Crippen LogP contribution in [-0.4, -0.2) is 24.0 Å². The lowest BCUT2D eigenvalue weighted by atomic mass is 9.89. The maximum Gasteiger partial charge on any atom is 0.0113 e. The molecule has 0 radical (unpaired) electrons. The number of nitrogens with zero attached hydrogens (tertiary/aromatic N) is 1. The van der Waals surface area contributed by atoms with E-state index in [0.717, 1.165) is 29.8 Å². The molecule has 0 aliphatic carbocycles. The van der Waals surface area contributed by atoms with Gasteiger partial charge in [-0.1, -0.05) is 37.8 Å². The monoisotopic (exact) mass is 260 g/mol. The third kappa shape index (κ3) is 5.07. The highest BCUT2D eigenvalue weighted by Gasteiger charge is 2.32. The summed E-state index contributed by atoms with van der Waals surface area (Å²) in [5, 5.41) is 0. The van der Waals surface area contributed by atoms with Crippen molar-refractivity contribution < 1.29 is 0 Å². The third-order valence-electron chi connectivity index (χ3n) is 3.92.